The Hall–Kier alpha value is -4.30. The van der Waals surface area contributed by atoms with Gasteiger partial charge in [0, 0.05) is 6.07 Å². The van der Waals surface area contributed by atoms with E-state index >= 15 is 0 Å². The van der Waals surface area contributed by atoms with Gasteiger partial charge in [-0.05, 0) is 77.3 Å². The van der Waals surface area contributed by atoms with Gasteiger partial charge >= 0.3 is 5.56 Å². The Morgan fingerprint density at radius 1 is 1.22 bits per heavy atom. The van der Waals surface area contributed by atoms with Gasteiger partial charge < -0.3 is 15.0 Å². The number of amides is 2. The number of pyridine rings is 1. The SMILES string of the molecule is Cc1cc(Oc2ccc(C(=O)NC(C)C(=O)N3[C@H](c4ccc(F)c(Cl)c4)CC[C@@H]3C(C)(C)C#N)nc2C)c(=O)[nH]n1. The van der Waals surface area contributed by atoms with Crippen LogP contribution in [0.3, 0.4) is 0 Å². The molecule has 0 saturated carbocycles. The standard InChI is InChI=1S/C29H30ClFN6O4/c1-15-12-24(27(39)36-35-15)41-23-10-8-21(33-16(23)2)26(38)34-17(3)28(40)37-22(9-11-25(37)29(4,5)14-32)18-6-7-20(31)19(30)13-18/h6-8,10,12-13,17,22,25H,9,11H2,1-5H3,(H,34,38)(H,36,39)/t17?,22-,25+/m0/s1. The van der Waals surface area contributed by atoms with Crippen molar-refractivity contribution in [3.8, 4) is 17.6 Å². The topological polar surface area (TPSA) is 141 Å². The third kappa shape index (κ3) is 6.23. The molecule has 1 aromatic carbocycles. The highest BCUT2D eigenvalue weighted by atomic mass is 35.5. The number of ether oxygens (including phenoxy) is 1. The van der Waals surface area contributed by atoms with E-state index in [4.69, 9.17) is 16.3 Å². The second-order valence-electron chi connectivity index (χ2n) is 10.6. The molecule has 1 saturated heterocycles. The van der Waals surface area contributed by atoms with Crippen LogP contribution in [0.2, 0.25) is 5.02 Å². The Kier molecular flexibility index (Phi) is 8.44. The molecule has 2 aromatic heterocycles. The lowest BCUT2D eigenvalue weighted by molar-refractivity contribution is -0.137. The van der Waals surface area contributed by atoms with Crippen molar-refractivity contribution in [2.45, 2.75) is 65.6 Å². The van der Waals surface area contributed by atoms with Crippen LogP contribution in [-0.2, 0) is 4.79 Å². The molecule has 1 unspecified atom stereocenters. The Morgan fingerprint density at radius 2 is 1.95 bits per heavy atom. The number of benzene rings is 1. The van der Waals surface area contributed by atoms with Crippen molar-refractivity contribution in [1.82, 2.24) is 25.4 Å². The first-order valence-electron chi connectivity index (χ1n) is 13.0. The molecule has 0 spiro atoms. The van der Waals surface area contributed by atoms with E-state index in [1.54, 1.807) is 45.6 Å². The molecule has 0 radical (unpaired) electrons. The van der Waals surface area contributed by atoms with Gasteiger partial charge in [-0.2, -0.15) is 10.4 Å². The summed E-state index contributed by atoms with van der Waals surface area (Å²) in [5.41, 5.74) is 0.228. The molecule has 12 heteroatoms. The fraction of sp³-hybridized carbons (Fsp3) is 0.379. The van der Waals surface area contributed by atoms with Crippen LogP contribution >= 0.6 is 11.6 Å². The number of aromatic nitrogens is 3. The lowest BCUT2D eigenvalue weighted by Crippen LogP contribution is -2.52. The summed E-state index contributed by atoms with van der Waals surface area (Å²) in [5, 5.41) is 18.6. The lowest BCUT2D eigenvalue weighted by atomic mass is 9.84. The van der Waals surface area contributed by atoms with Crippen molar-refractivity contribution < 1.29 is 18.7 Å². The molecule has 4 rings (SSSR count). The maximum atomic E-state index is 13.9. The number of nitrogens with one attached hydrogen (secondary N) is 2. The second-order valence-corrected chi connectivity index (χ2v) is 11.0. The van der Waals surface area contributed by atoms with Crippen molar-refractivity contribution in [1.29, 1.82) is 5.26 Å². The van der Waals surface area contributed by atoms with Gasteiger partial charge in [0.1, 0.15) is 23.3 Å². The van der Waals surface area contributed by atoms with E-state index in [0.717, 1.165) is 0 Å². The van der Waals surface area contributed by atoms with Gasteiger partial charge in [0.15, 0.2) is 5.75 Å². The number of carbonyl (C=O) groups excluding carboxylic acids is 2. The highest BCUT2D eigenvalue weighted by Gasteiger charge is 2.46. The molecule has 1 aliphatic heterocycles. The van der Waals surface area contributed by atoms with Crippen LogP contribution in [0.1, 0.15) is 67.1 Å². The van der Waals surface area contributed by atoms with E-state index in [-0.39, 0.29) is 22.2 Å². The van der Waals surface area contributed by atoms with Gasteiger partial charge in [-0.3, -0.25) is 14.4 Å². The number of nitriles is 1. The number of aromatic amines is 1. The summed E-state index contributed by atoms with van der Waals surface area (Å²) < 4.78 is 19.5. The smallest absolute Gasteiger partial charge is 0.307 e. The number of nitrogens with zero attached hydrogens (tertiary/aromatic N) is 4. The van der Waals surface area contributed by atoms with Crippen LogP contribution in [0.5, 0.6) is 11.5 Å². The van der Waals surface area contributed by atoms with E-state index in [1.165, 1.54) is 30.3 Å². The van der Waals surface area contributed by atoms with Crippen molar-refractivity contribution in [2.24, 2.45) is 5.41 Å². The summed E-state index contributed by atoms with van der Waals surface area (Å²) in [6.45, 7) is 8.41. The Balaban J connectivity index is 1.54. The van der Waals surface area contributed by atoms with E-state index in [1.807, 2.05) is 0 Å². The van der Waals surface area contributed by atoms with E-state index in [2.05, 4.69) is 26.6 Å². The fourth-order valence-corrected chi connectivity index (χ4v) is 5.15. The molecule has 214 valence electrons. The predicted octanol–water partition coefficient (Wildman–Crippen LogP) is 4.77. The third-order valence-corrected chi connectivity index (χ3v) is 7.48. The van der Waals surface area contributed by atoms with Crippen LogP contribution in [0, 0.1) is 36.4 Å². The van der Waals surface area contributed by atoms with Crippen LogP contribution in [0.25, 0.3) is 0 Å². The first kappa shape index (κ1) is 29.7. The average Bonchev–Trinajstić information content (AvgIpc) is 3.39. The van der Waals surface area contributed by atoms with Crippen LogP contribution in [0.15, 0.2) is 41.2 Å². The van der Waals surface area contributed by atoms with Gasteiger partial charge in [-0.1, -0.05) is 17.7 Å². The van der Waals surface area contributed by atoms with Gasteiger partial charge in [0.2, 0.25) is 5.91 Å². The monoisotopic (exact) mass is 580 g/mol. The molecule has 0 bridgehead atoms. The lowest BCUT2D eigenvalue weighted by Gasteiger charge is -2.38. The zero-order chi connectivity index (χ0) is 30.1. The van der Waals surface area contributed by atoms with Crippen molar-refractivity contribution in [2.75, 3.05) is 0 Å². The summed E-state index contributed by atoms with van der Waals surface area (Å²) in [6, 6.07) is 9.18. The largest absolute Gasteiger partial charge is 0.450 e. The highest BCUT2D eigenvalue weighted by Crippen LogP contribution is 2.44. The summed E-state index contributed by atoms with van der Waals surface area (Å²) in [7, 11) is 0. The molecule has 41 heavy (non-hydrogen) atoms. The molecular weight excluding hydrogens is 551 g/mol. The summed E-state index contributed by atoms with van der Waals surface area (Å²) >= 11 is 6.03. The normalized spacial score (nSPS) is 17.6. The minimum atomic E-state index is -0.965. The molecular formula is C29H30ClFN6O4. The Morgan fingerprint density at radius 3 is 2.61 bits per heavy atom. The number of hydrogen-bond acceptors (Lipinski definition) is 7. The van der Waals surface area contributed by atoms with E-state index < -0.39 is 46.7 Å². The van der Waals surface area contributed by atoms with Crippen molar-refractivity contribution in [3.05, 3.63) is 80.2 Å². The minimum absolute atomic E-state index is 0.0382. The highest BCUT2D eigenvalue weighted by molar-refractivity contribution is 6.30. The van der Waals surface area contributed by atoms with Crippen LogP contribution in [0.4, 0.5) is 4.39 Å². The molecule has 2 amide bonds. The number of likely N-dealkylation sites (tertiary alicyclic amines) is 1. The van der Waals surface area contributed by atoms with Gasteiger partial charge in [-0.25, -0.2) is 14.5 Å². The number of rotatable bonds is 7. The minimum Gasteiger partial charge on any atom is -0.450 e. The molecule has 3 heterocycles. The molecule has 1 fully saturated rings. The zero-order valence-corrected chi connectivity index (χ0v) is 24.0. The molecule has 1 aliphatic rings. The molecule has 2 N–H and O–H groups in total. The predicted molar refractivity (Wildman–Crippen MR) is 149 cm³/mol. The van der Waals surface area contributed by atoms with Gasteiger partial charge in [0.05, 0.1) is 40.0 Å². The molecule has 0 aliphatic carbocycles. The van der Waals surface area contributed by atoms with Gasteiger partial charge in [-0.15, -0.1) is 0 Å². The molecule has 3 atom stereocenters. The first-order valence-corrected chi connectivity index (χ1v) is 13.4. The van der Waals surface area contributed by atoms with E-state index in [0.29, 0.717) is 29.8 Å². The Labute approximate surface area is 241 Å². The quantitative estimate of drug-likeness (QED) is 0.410. The average molecular weight is 581 g/mol. The van der Waals surface area contributed by atoms with Crippen molar-refractivity contribution in [3.63, 3.8) is 0 Å². The van der Waals surface area contributed by atoms with Crippen LogP contribution in [-0.4, -0.2) is 44.0 Å². The summed E-state index contributed by atoms with van der Waals surface area (Å²) in [4.78, 5) is 44.8. The number of aryl methyl sites for hydroxylation is 2. The maximum Gasteiger partial charge on any atom is 0.307 e. The van der Waals surface area contributed by atoms with Crippen LogP contribution < -0.4 is 15.6 Å². The fourth-order valence-electron chi connectivity index (χ4n) is 4.96. The van der Waals surface area contributed by atoms with Crippen molar-refractivity contribution >= 4 is 23.4 Å². The number of halogens is 2. The summed E-state index contributed by atoms with van der Waals surface area (Å²) in [6.07, 6.45) is 1.10. The summed E-state index contributed by atoms with van der Waals surface area (Å²) in [5.74, 6) is -1.23. The number of carbonyl (C=O) groups is 2. The van der Waals surface area contributed by atoms with Gasteiger partial charge in [0.25, 0.3) is 5.91 Å². The number of H-pyrrole nitrogens is 1. The second kappa shape index (κ2) is 11.7. The molecule has 10 nitrogen and oxygen atoms in total. The first-order chi connectivity index (χ1) is 19.3. The zero-order valence-electron chi connectivity index (χ0n) is 23.3. The Bertz CT molecular complexity index is 1600. The maximum absolute atomic E-state index is 13.9. The molecule has 3 aromatic rings. The van der Waals surface area contributed by atoms with E-state index in [9.17, 15) is 24.0 Å². The number of hydrogen-bond donors (Lipinski definition) is 2. The third-order valence-electron chi connectivity index (χ3n) is 7.19.